The number of carbonyl (C=O) groups is 2. The fraction of sp³-hybridized carbons (Fsp3) is 0.750. The van der Waals surface area contributed by atoms with Gasteiger partial charge in [0.15, 0.2) is 0 Å². The number of ether oxygens (including phenoxy) is 2. The molecular formula is C8H13NO5. The molecule has 0 aliphatic carbocycles. The molecule has 14 heavy (non-hydrogen) atoms. The van der Waals surface area contributed by atoms with Crippen LogP contribution in [0, 0.1) is 0 Å². The van der Waals surface area contributed by atoms with E-state index in [0.29, 0.717) is 26.1 Å². The maximum Gasteiger partial charge on any atom is 0.410 e. The van der Waals surface area contributed by atoms with E-state index in [1.807, 2.05) is 0 Å². The molecule has 1 atom stereocenters. The lowest BCUT2D eigenvalue weighted by atomic mass is 10.2. The first-order valence-electron chi connectivity index (χ1n) is 4.32. The van der Waals surface area contributed by atoms with Gasteiger partial charge in [0.2, 0.25) is 6.10 Å². The SMILES string of the molecule is COCCN1CCC(C(=O)O)OC1=O. The fourth-order valence-corrected chi connectivity index (χ4v) is 1.20. The summed E-state index contributed by atoms with van der Waals surface area (Å²) in [6.45, 7) is 1.26. The molecule has 80 valence electrons. The molecule has 1 aliphatic heterocycles. The molecule has 1 aliphatic rings. The summed E-state index contributed by atoms with van der Waals surface area (Å²) >= 11 is 0. The lowest BCUT2D eigenvalue weighted by Crippen LogP contribution is -2.45. The molecule has 1 rings (SSSR count). The molecule has 0 bridgehead atoms. The van der Waals surface area contributed by atoms with Crippen molar-refractivity contribution in [3.63, 3.8) is 0 Å². The number of carboxylic acid groups (broad SMARTS) is 1. The molecule has 1 N–H and O–H groups in total. The van der Waals surface area contributed by atoms with E-state index >= 15 is 0 Å². The van der Waals surface area contributed by atoms with Gasteiger partial charge < -0.3 is 19.5 Å². The third-order valence-corrected chi connectivity index (χ3v) is 2.00. The van der Waals surface area contributed by atoms with Crippen LogP contribution < -0.4 is 0 Å². The summed E-state index contributed by atoms with van der Waals surface area (Å²) in [6.07, 6.45) is -1.26. The van der Waals surface area contributed by atoms with Gasteiger partial charge in [-0.05, 0) is 0 Å². The molecular weight excluding hydrogens is 190 g/mol. The van der Waals surface area contributed by atoms with Gasteiger partial charge in [0.05, 0.1) is 6.61 Å². The number of rotatable bonds is 4. The van der Waals surface area contributed by atoms with E-state index < -0.39 is 18.2 Å². The van der Waals surface area contributed by atoms with Crippen LogP contribution >= 0.6 is 0 Å². The van der Waals surface area contributed by atoms with Crippen molar-refractivity contribution < 1.29 is 24.2 Å². The van der Waals surface area contributed by atoms with E-state index in [1.165, 1.54) is 12.0 Å². The Bertz CT molecular complexity index is 230. The summed E-state index contributed by atoms with van der Waals surface area (Å²) in [4.78, 5) is 23.1. The number of nitrogens with zero attached hydrogens (tertiary/aromatic N) is 1. The average molecular weight is 203 g/mol. The van der Waals surface area contributed by atoms with Gasteiger partial charge in [-0.2, -0.15) is 0 Å². The highest BCUT2D eigenvalue weighted by Gasteiger charge is 2.31. The Hall–Kier alpha value is -1.30. The Balaban J connectivity index is 2.40. The van der Waals surface area contributed by atoms with Gasteiger partial charge in [0.1, 0.15) is 0 Å². The number of carboxylic acids is 1. The lowest BCUT2D eigenvalue weighted by Gasteiger charge is -2.29. The second-order valence-corrected chi connectivity index (χ2v) is 2.98. The minimum Gasteiger partial charge on any atom is -0.479 e. The zero-order chi connectivity index (χ0) is 10.6. The second kappa shape index (κ2) is 4.80. The quantitative estimate of drug-likeness (QED) is 0.692. The Morgan fingerprint density at radius 2 is 2.50 bits per heavy atom. The molecule has 0 aromatic carbocycles. The number of hydrogen-bond donors (Lipinski definition) is 1. The van der Waals surface area contributed by atoms with Crippen LogP contribution in [0.4, 0.5) is 4.79 Å². The van der Waals surface area contributed by atoms with Crippen LogP contribution in [0.15, 0.2) is 0 Å². The van der Waals surface area contributed by atoms with Crippen molar-refractivity contribution in [3.05, 3.63) is 0 Å². The average Bonchev–Trinajstić information content (AvgIpc) is 2.15. The molecule has 1 fully saturated rings. The highest BCUT2D eigenvalue weighted by atomic mass is 16.6. The first-order chi connectivity index (χ1) is 6.65. The Morgan fingerprint density at radius 1 is 1.79 bits per heavy atom. The maximum absolute atomic E-state index is 11.2. The number of carbonyl (C=O) groups excluding carboxylic acids is 1. The van der Waals surface area contributed by atoms with Crippen molar-refractivity contribution in [1.82, 2.24) is 4.90 Å². The van der Waals surface area contributed by atoms with Crippen LogP contribution in [-0.4, -0.2) is 55.0 Å². The van der Waals surface area contributed by atoms with Crippen molar-refractivity contribution >= 4 is 12.1 Å². The van der Waals surface area contributed by atoms with Gasteiger partial charge in [-0.15, -0.1) is 0 Å². The van der Waals surface area contributed by atoms with Crippen LogP contribution in [0.1, 0.15) is 6.42 Å². The number of aliphatic carboxylic acids is 1. The van der Waals surface area contributed by atoms with Crippen LogP contribution in [0.5, 0.6) is 0 Å². The molecule has 1 heterocycles. The molecule has 1 saturated heterocycles. The highest BCUT2D eigenvalue weighted by molar-refractivity contribution is 5.78. The topological polar surface area (TPSA) is 76.1 Å². The van der Waals surface area contributed by atoms with E-state index in [2.05, 4.69) is 4.74 Å². The first kappa shape index (κ1) is 10.8. The summed E-state index contributed by atoms with van der Waals surface area (Å²) in [7, 11) is 1.54. The van der Waals surface area contributed by atoms with E-state index in [9.17, 15) is 9.59 Å². The molecule has 6 heteroatoms. The van der Waals surface area contributed by atoms with Crippen molar-refractivity contribution in [2.75, 3.05) is 26.8 Å². The number of methoxy groups -OCH3 is 1. The van der Waals surface area contributed by atoms with Gasteiger partial charge in [-0.3, -0.25) is 0 Å². The van der Waals surface area contributed by atoms with Gasteiger partial charge in [0, 0.05) is 26.6 Å². The predicted molar refractivity (Wildman–Crippen MR) is 46.0 cm³/mol. The molecule has 0 spiro atoms. The van der Waals surface area contributed by atoms with Crippen molar-refractivity contribution in [2.45, 2.75) is 12.5 Å². The highest BCUT2D eigenvalue weighted by Crippen LogP contribution is 2.11. The molecule has 0 saturated carbocycles. The van der Waals surface area contributed by atoms with Gasteiger partial charge >= 0.3 is 12.1 Å². The van der Waals surface area contributed by atoms with Crippen molar-refractivity contribution in [2.24, 2.45) is 0 Å². The third-order valence-electron chi connectivity index (χ3n) is 2.00. The van der Waals surface area contributed by atoms with E-state index in [4.69, 9.17) is 9.84 Å². The summed E-state index contributed by atoms with van der Waals surface area (Å²) < 4.78 is 9.49. The van der Waals surface area contributed by atoms with Crippen LogP contribution in [-0.2, 0) is 14.3 Å². The number of cyclic esters (lactones) is 1. The monoisotopic (exact) mass is 203 g/mol. The number of amides is 1. The Kier molecular flexibility index (Phi) is 3.70. The zero-order valence-electron chi connectivity index (χ0n) is 7.93. The van der Waals surface area contributed by atoms with Gasteiger partial charge in [0.25, 0.3) is 0 Å². The third kappa shape index (κ3) is 2.59. The van der Waals surface area contributed by atoms with Gasteiger partial charge in [-0.25, -0.2) is 9.59 Å². The molecule has 6 nitrogen and oxygen atoms in total. The van der Waals surface area contributed by atoms with Crippen LogP contribution in [0.25, 0.3) is 0 Å². The molecule has 1 unspecified atom stereocenters. The minimum atomic E-state index is -1.09. The molecule has 0 aromatic rings. The Labute approximate surface area is 81.4 Å². The molecule has 1 amide bonds. The number of hydrogen-bond acceptors (Lipinski definition) is 4. The van der Waals surface area contributed by atoms with E-state index in [0.717, 1.165) is 0 Å². The Morgan fingerprint density at radius 3 is 3.00 bits per heavy atom. The fourth-order valence-electron chi connectivity index (χ4n) is 1.20. The minimum absolute atomic E-state index is 0.324. The van der Waals surface area contributed by atoms with E-state index in [1.54, 1.807) is 0 Å². The van der Waals surface area contributed by atoms with Crippen LogP contribution in [0.2, 0.25) is 0 Å². The predicted octanol–water partition coefficient (Wildman–Crippen LogP) is -0.0717. The zero-order valence-corrected chi connectivity index (χ0v) is 7.93. The van der Waals surface area contributed by atoms with Crippen molar-refractivity contribution in [3.8, 4) is 0 Å². The standard InChI is InChI=1S/C8H13NO5/c1-13-5-4-9-3-2-6(7(10)11)14-8(9)12/h6H,2-5H2,1H3,(H,10,11). The smallest absolute Gasteiger partial charge is 0.410 e. The van der Waals surface area contributed by atoms with E-state index in [-0.39, 0.29) is 0 Å². The molecule has 0 radical (unpaired) electrons. The van der Waals surface area contributed by atoms with Gasteiger partial charge in [-0.1, -0.05) is 0 Å². The summed E-state index contributed by atoms with van der Waals surface area (Å²) in [5, 5.41) is 8.60. The van der Waals surface area contributed by atoms with Crippen molar-refractivity contribution in [1.29, 1.82) is 0 Å². The second-order valence-electron chi connectivity index (χ2n) is 2.98. The normalized spacial score (nSPS) is 21.9. The maximum atomic E-state index is 11.2. The largest absolute Gasteiger partial charge is 0.479 e. The summed E-state index contributed by atoms with van der Waals surface area (Å²) in [5.41, 5.74) is 0. The first-order valence-corrected chi connectivity index (χ1v) is 4.32. The summed E-state index contributed by atoms with van der Waals surface area (Å²) in [6, 6.07) is 0. The lowest BCUT2D eigenvalue weighted by molar-refractivity contribution is -0.149. The van der Waals surface area contributed by atoms with Crippen LogP contribution in [0.3, 0.4) is 0 Å². The summed E-state index contributed by atoms with van der Waals surface area (Å²) in [5.74, 6) is -1.09. The molecule has 0 aromatic heterocycles.